The van der Waals surface area contributed by atoms with Crippen LogP contribution in [0.4, 0.5) is 0 Å². The quantitative estimate of drug-likeness (QED) is 0.896. The topological polar surface area (TPSA) is 42.7 Å². The predicted octanol–water partition coefficient (Wildman–Crippen LogP) is 2.63. The van der Waals surface area contributed by atoms with Gasteiger partial charge in [0.05, 0.1) is 5.69 Å². The Balaban J connectivity index is 2.13. The van der Waals surface area contributed by atoms with E-state index in [9.17, 15) is 0 Å². The standard InChI is InChI=1S/C15H22N4/c1-11(2)9-16-10-14-5-6-17-15(8-14)19-13(4)7-12(3)18-19/h5-8,11,16H,9-10H2,1-4H3. The number of aromatic nitrogens is 3. The van der Waals surface area contributed by atoms with E-state index < -0.39 is 0 Å². The molecule has 2 aromatic heterocycles. The molecule has 2 rings (SSSR count). The Hall–Kier alpha value is -1.68. The highest BCUT2D eigenvalue weighted by atomic mass is 15.3. The van der Waals surface area contributed by atoms with Crippen molar-refractivity contribution < 1.29 is 0 Å². The molecule has 1 N–H and O–H groups in total. The molecule has 4 heteroatoms. The van der Waals surface area contributed by atoms with Gasteiger partial charge in [-0.15, -0.1) is 0 Å². The first-order chi connectivity index (χ1) is 9.06. The van der Waals surface area contributed by atoms with E-state index in [2.05, 4.69) is 41.4 Å². The molecule has 0 atom stereocenters. The molecule has 0 saturated carbocycles. The van der Waals surface area contributed by atoms with Gasteiger partial charge in [-0.1, -0.05) is 13.8 Å². The fourth-order valence-corrected chi connectivity index (χ4v) is 2.05. The van der Waals surface area contributed by atoms with Crippen LogP contribution in [0.1, 0.15) is 30.8 Å². The lowest BCUT2D eigenvalue weighted by Crippen LogP contribution is -2.19. The summed E-state index contributed by atoms with van der Waals surface area (Å²) in [7, 11) is 0. The van der Waals surface area contributed by atoms with Gasteiger partial charge in [0.1, 0.15) is 0 Å². The van der Waals surface area contributed by atoms with Crippen molar-refractivity contribution in [1.82, 2.24) is 20.1 Å². The summed E-state index contributed by atoms with van der Waals surface area (Å²) < 4.78 is 1.89. The molecule has 0 aliphatic carbocycles. The summed E-state index contributed by atoms with van der Waals surface area (Å²) in [5, 5.41) is 7.91. The summed E-state index contributed by atoms with van der Waals surface area (Å²) in [6.45, 7) is 10.4. The van der Waals surface area contributed by atoms with Gasteiger partial charge in [0, 0.05) is 18.4 Å². The van der Waals surface area contributed by atoms with Crippen LogP contribution in [0, 0.1) is 19.8 Å². The Morgan fingerprint density at radius 3 is 2.68 bits per heavy atom. The summed E-state index contributed by atoms with van der Waals surface area (Å²) in [4.78, 5) is 4.40. The summed E-state index contributed by atoms with van der Waals surface area (Å²) in [5.41, 5.74) is 3.36. The van der Waals surface area contributed by atoms with E-state index in [-0.39, 0.29) is 0 Å². The third-order valence-corrected chi connectivity index (χ3v) is 2.92. The summed E-state index contributed by atoms with van der Waals surface area (Å²) >= 11 is 0. The first-order valence-corrected chi connectivity index (χ1v) is 6.75. The van der Waals surface area contributed by atoms with Gasteiger partial charge in [0.2, 0.25) is 0 Å². The van der Waals surface area contributed by atoms with Crippen LogP contribution in [0.2, 0.25) is 0 Å². The molecule has 0 aliphatic heterocycles. The number of nitrogens with zero attached hydrogens (tertiary/aromatic N) is 3. The lowest BCUT2D eigenvalue weighted by atomic mass is 10.2. The second-order valence-corrected chi connectivity index (χ2v) is 5.39. The second kappa shape index (κ2) is 5.97. The van der Waals surface area contributed by atoms with Crippen LogP contribution in [0.3, 0.4) is 0 Å². The summed E-state index contributed by atoms with van der Waals surface area (Å²) in [6.07, 6.45) is 1.85. The third kappa shape index (κ3) is 3.64. The van der Waals surface area contributed by atoms with Crippen molar-refractivity contribution in [2.24, 2.45) is 5.92 Å². The first kappa shape index (κ1) is 13.7. The van der Waals surface area contributed by atoms with E-state index >= 15 is 0 Å². The Morgan fingerprint density at radius 2 is 2.05 bits per heavy atom. The van der Waals surface area contributed by atoms with Gasteiger partial charge in [-0.05, 0) is 50.1 Å². The van der Waals surface area contributed by atoms with Crippen LogP contribution >= 0.6 is 0 Å². The zero-order chi connectivity index (χ0) is 13.8. The monoisotopic (exact) mass is 258 g/mol. The molecule has 0 radical (unpaired) electrons. The van der Waals surface area contributed by atoms with Crippen LogP contribution in [-0.4, -0.2) is 21.3 Å². The Labute approximate surface area is 114 Å². The van der Waals surface area contributed by atoms with Crippen molar-refractivity contribution in [2.75, 3.05) is 6.54 Å². The Bertz CT molecular complexity index is 543. The maximum atomic E-state index is 4.46. The van der Waals surface area contributed by atoms with Gasteiger partial charge in [0.15, 0.2) is 5.82 Å². The van der Waals surface area contributed by atoms with Crippen LogP contribution in [-0.2, 0) is 6.54 Å². The van der Waals surface area contributed by atoms with Crippen LogP contribution in [0.5, 0.6) is 0 Å². The molecule has 0 fully saturated rings. The molecule has 102 valence electrons. The largest absolute Gasteiger partial charge is 0.312 e. The van der Waals surface area contributed by atoms with Crippen molar-refractivity contribution in [2.45, 2.75) is 34.2 Å². The van der Waals surface area contributed by atoms with E-state index in [1.807, 2.05) is 30.8 Å². The Kier molecular flexibility index (Phi) is 4.32. The molecular formula is C15H22N4. The minimum atomic E-state index is 0.664. The van der Waals surface area contributed by atoms with Crippen molar-refractivity contribution >= 4 is 0 Å². The molecule has 2 heterocycles. The number of nitrogens with one attached hydrogen (secondary N) is 1. The zero-order valence-corrected chi connectivity index (χ0v) is 12.1. The fraction of sp³-hybridized carbons (Fsp3) is 0.467. The van der Waals surface area contributed by atoms with Gasteiger partial charge < -0.3 is 5.32 Å². The average Bonchev–Trinajstić information content (AvgIpc) is 2.68. The number of hydrogen-bond donors (Lipinski definition) is 1. The second-order valence-electron chi connectivity index (χ2n) is 5.39. The fourth-order valence-electron chi connectivity index (χ4n) is 2.05. The van der Waals surface area contributed by atoms with Crippen molar-refractivity contribution in [3.05, 3.63) is 41.3 Å². The molecule has 0 unspecified atom stereocenters. The predicted molar refractivity (Wildman–Crippen MR) is 77.4 cm³/mol. The molecule has 0 aromatic carbocycles. The van der Waals surface area contributed by atoms with Gasteiger partial charge in [0.25, 0.3) is 0 Å². The van der Waals surface area contributed by atoms with Crippen LogP contribution in [0.15, 0.2) is 24.4 Å². The highest BCUT2D eigenvalue weighted by Gasteiger charge is 2.05. The average molecular weight is 258 g/mol. The third-order valence-electron chi connectivity index (χ3n) is 2.92. The minimum Gasteiger partial charge on any atom is -0.312 e. The number of rotatable bonds is 5. The number of aryl methyl sites for hydroxylation is 2. The van der Waals surface area contributed by atoms with E-state index in [1.165, 1.54) is 5.56 Å². The summed E-state index contributed by atoms with van der Waals surface area (Å²) in [6, 6.07) is 6.20. The van der Waals surface area contributed by atoms with Crippen LogP contribution < -0.4 is 5.32 Å². The van der Waals surface area contributed by atoms with E-state index in [0.717, 1.165) is 30.3 Å². The van der Waals surface area contributed by atoms with E-state index in [4.69, 9.17) is 0 Å². The lowest BCUT2D eigenvalue weighted by Gasteiger charge is -2.09. The van der Waals surface area contributed by atoms with Gasteiger partial charge in [-0.3, -0.25) is 0 Å². The molecule has 0 saturated heterocycles. The van der Waals surface area contributed by atoms with E-state index in [1.54, 1.807) is 0 Å². The molecule has 0 amide bonds. The molecule has 0 spiro atoms. The Morgan fingerprint density at radius 1 is 1.26 bits per heavy atom. The smallest absolute Gasteiger partial charge is 0.153 e. The maximum absolute atomic E-state index is 4.46. The molecule has 19 heavy (non-hydrogen) atoms. The van der Waals surface area contributed by atoms with Crippen molar-refractivity contribution in [3.63, 3.8) is 0 Å². The van der Waals surface area contributed by atoms with Crippen LogP contribution in [0.25, 0.3) is 5.82 Å². The summed E-state index contributed by atoms with van der Waals surface area (Å²) in [5.74, 6) is 1.55. The van der Waals surface area contributed by atoms with Gasteiger partial charge in [-0.25, -0.2) is 9.67 Å². The maximum Gasteiger partial charge on any atom is 0.153 e. The highest BCUT2D eigenvalue weighted by Crippen LogP contribution is 2.11. The molecule has 0 bridgehead atoms. The SMILES string of the molecule is Cc1cc(C)n(-c2cc(CNCC(C)C)ccn2)n1. The molecule has 0 aliphatic rings. The lowest BCUT2D eigenvalue weighted by molar-refractivity contribution is 0.552. The van der Waals surface area contributed by atoms with E-state index in [0.29, 0.717) is 5.92 Å². The van der Waals surface area contributed by atoms with Crippen molar-refractivity contribution in [1.29, 1.82) is 0 Å². The highest BCUT2D eigenvalue weighted by molar-refractivity contribution is 5.29. The normalized spacial score (nSPS) is 11.2. The van der Waals surface area contributed by atoms with Gasteiger partial charge >= 0.3 is 0 Å². The first-order valence-electron chi connectivity index (χ1n) is 6.75. The number of hydrogen-bond acceptors (Lipinski definition) is 3. The minimum absolute atomic E-state index is 0.664. The number of pyridine rings is 1. The molecular weight excluding hydrogens is 236 g/mol. The zero-order valence-electron chi connectivity index (χ0n) is 12.1. The van der Waals surface area contributed by atoms with Crippen molar-refractivity contribution in [3.8, 4) is 5.82 Å². The molecule has 2 aromatic rings. The molecule has 4 nitrogen and oxygen atoms in total. The van der Waals surface area contributed by atoms with Gasteiger partial charge in [-0.2, -0.15) is 5.10 Å².